The van der Waals surface area contributed by atoms with Gasteiger partial charge in [0.2, 0.25) is 0 Å². The predicted octanol–water partition coefficient (Wildman–Crippen LogP) is 2.16. The van der Waals surface area contributed by atoms with Crippen molar-refractivity contribution >= 4 is 53.4 Å². The van der Waals surface area contributed by atoms with Gasteiger partial charge in [0.1, 0.15) is 0 Å². The van der Waals surface area contributed by atoms with E-state index >= 15 is 0 Å². The Labute approximate surface area is 96.1 Å². The fourth-order valence-electron chi connectivity index (χ4n) is 1.35. The van der Waals surface area contributed by atoms with Crippen LogP contribution in [0.15, 0.2) is 0 Å². The van der Waals surface area contributed by atoms with Crippen LogP contribution in [0.4, 0.5) is 0 Å². The molecule has 0 aliphatic carbocycles. The molecule has 70 valence electrons. The van der Waals surface area contributed by atoms with Crippen molar-refractivity contribution in [1.29, 1.82) is 0 Å². The van der Waals surface area contributed by atoms with Crippen molar-refractivity contribution in [3.8, 4) is 0 Å². The molecule has 0 aromatic heterocycles. The van der Waals surface area contributed by atoms with Gasteiger partial charge in [0, 0.05) is 0 Å². The zero-order chi connectivity index (χ0) is 8.60. The van der Waals surface area contributed by atoms with Crippen molar-refractivity contribution in [2.24, 2.45) is 0 Å². The van der Waals surface area contributed by atoms with Crippen molar-refractivity contribution in [1.82, 2.24) is 0 Å². The summed E-state index contributed by atoms with van der Waals surface area (Å²) >= 11 is 6.47. The van der Waals surface area contributed by atoms with Gasteiger partial charge in [-0.05, 0) is 0 Å². The topological polar surface area (TPSA) is 0 Å². The molecule has 0 amide bonds. The second-order valence-electron chi connectivity index (χ2n) is 3.36. The van der Waals surface area contributed by atoms with Gasteiger partial charge in [0.25, 0.3) is 0 Å². The summed E-state index contributed by atoms with van der Waals surface area (Å²) in [6, 6.07) is 0. The Morgan fingerprint density at radius 3 is 2.33 bits per heavy atom. The van der Waals surface area contributed by atoms with Gasteiger partial charge >= 0.3 is 96.7 Å². The molecule has 2 aliphatic rings. The molecule has 3 unspecified atom stereocenters. The van der Waals surface area contributed by atoms with Crippen molar-refractivity contribution in [2.75, 3.05) is 5.75 Å². The van der Waals surface area contributed by atoms with Crippen LogP contribution in [0.2, 0.25) is 10.6 Å². The molecule has 2 aliphatic heterocycles. The number of thioether (sulfide) groups is 2. The molecule has 0 saturated carbocycles. The minimum atomic E-state index is 0.830. The molecular formula is C8H14S2Se2. The molecule has 12 heavy (non-hydrogen) atoms. The maximum atomic E-state index is 2.42. The summed E-state index contributed by atoms with van der Waals surface area (Å²) in [5.74, 6) is 1.48. The summed E-state index contributed by atoms with van der Waals surface area (Å²) in [5.41, 5.74) is 0. The quantitative estimate of drug-likeness (QED) is 0.624. The van der Waals surface area contributed by atoms with Gasteiger partial charge in [-0.1, -0.05) is 0 Å². The molecule has 0 aromatic carbocycles. The first-order chi connectivity index (χ1) is 5.70. The van der Waals surface area contributed by atoms with E-state index in [1.807, 2.05) is 0 Å². The van der Waals surface area contributed by atoms with Crippen LogP contribution < -0.4 is 0 Å². The maximum absolute atomic E-state index is 2.42. The van der Waals surface area contributed by atoms with E-state index in [0.717, 1.165) is 43.0 Å². The zero-order valence-electron chi connectivity index (χ0n) is 7.41. The van der Waals surface area contributed by atoms with E-state index in [1.165, 1.54) is 16.4 Å². The van der Waals surface area contributed by atoms with Crippen molar-refractivity contribution in [2.45, 2.75) is 37.5 Å². The molecule has 4 heteroatoms. The third kappa shape index (κ3) is 2.21. The van der Waals surface area contributed by atoms with Gasteiger partial charge < -0.3 is 0 Å². The fourth-order valence-corrected chi connectivity index (χ4v) is 15.3. The SMILES string of the molecule is CC1C[Se]C2(CS1)SC(C)C[Se]2. The summed E-state index contributed by atoms with van der Waals surface area (Å²) in [5, 5.41) is 5.00. The normalized spacial score (nSPS) is 48.5. The average molecular weight is 332 g/mol. The summed E-state index contributed by atoms with van der Waals surface area (Å²) in [7, 11) is 0. The van der Waals surface area contributed by atoms with Gasteiger partial charge in [-0.2, -0.15) is 0 Å². The molecule has 3 atom stereocenters. The number of hydrogen-bond acceptors (Lipinski definition) is 2. The monoisotopic (exact) mass is 334 g/mol. The zero-order valence-corrected chi connectivity index (χ0v) is 12.5. The Balaban J connectivity index is 1.95. The van der Waals surface area contributed by atoms with E-state index in [4.69, 9.17) is 0 Å². The second kappa shape index (κ2) is 4.08. The molecule has 0 aromatic rings. The molecule has 2 saturated heterocycles. The van der Waals surface area contributed by atoms with Crippen molar-refractivity contribution < 1.29 is 0 Å². The van der Waals surface area contributed by atoms with Crippen LogP contribution in [0, 0.1) is 0 Å². The van der Waals surface area contributed by atoms with E-state index < -0.39 is 0 Å². The number of rotatable bonds is 0. The van der Waals surface area contributed by atoms with Crippen LogP contribution in [0.3, 0.4) is 0 Å². The molecule has 2 heterocycles. The van der Waals surface area contributed by atoms with E-state index in [2.05, 4.69) is 37.4 Å². The van der Waals surface area contributed by atoms with Crippen molar-refractivity contribution in [3.05, 3.63) is 0 Å². The Kier molecular flexibility index (Phi) is 3.49. The van der Waals surface area contributed by atoms with Crippen molar-refractivity contribution in [3.63, 3.8) is 0 Å². The summed E-state index contributed by atoms with van der Waals surface area (Å²) < 4.78 is 0.830. The minimum absolute atomic E-state index is 0.830. The molecule has 0 bridgehead atoms. The van der Waals surface area contributed by atoms with E-state index in [-0.39, 0.29) is 0 Å². The van der Waals surface area contributed by atoms with Crippen LogP contribution in [0.5, 0.6) is 0 Å². The molecule has 0 nitrogen and oxygen atoms in total. The molecule has 0 radical (unpaired) electrons. The summed E-state index contributed by atoms with van der Waals surface area (Å²) in [6.07, 6.45) is 0. The van der Waals surface area contributed by atoms with Crippen LogP contribution in [-0.4, -0.2) is 48.7 Å². The van der Waals surface area contributed by atoms with Crippen LogP contribution in [0.25, 0.3) is 0 Å². The summed E-state index contributed by atoms with van der Waals surface area (Å²) in [4.78, 5) is 0. The summed E-state index contributed by atoms with van der Waals surface area (Å²) in [6.45, 7) is 4.81. The molecule has 2 fully saturated rings. The fraction of sp³-hybridized carbons (Fsp3) is 1.00. The van der Waals surface area contributed by atoms with Gasteiger partial charge in [0.15, 0.2) is 0 Å². The molecular weight excluding hydrogens is 318 g/mol. The first-order valence-electron chi connectivity index (χ1n) is 4.27. The first kappa shape index (κ1) is 10.3. The van der Waals surface area contributed by atoms with Crippen LogP contribution in [0.1, 0.15) is 13.8 Å². The molecule has 0 N–H and O–H groups in total. The Hall–Kier alpha value is 1.74. The van der Waals surface area contributed by atoms with Gasteiger partial charge in [-0.3, -0.25) is 0 Å². The Bertz CT molecular complexity index is 166. The van der Waals surface area contributed by atoms with Crippen LogP contribution >= 0.6 is 23.5 Å². The standard InChI is InChI=1S/C8H14S2Se2/c1-6-3-11-8(5-9-6)10-7(2)4-12-8/h6-7H,3-5H2,1-2H3. The van der Waals surface area contributed by atoms with Gasteiger partial charge in [-0.15, -0.1) is 0 Å². The van der Waals surface area contributed by atoms with E-state index in [9.17, 15) is 0 Å². The average Bonchev–Trinajstić information content (AvgIpc) is 2.40. The van der Waals surface area contributed by atoms with Gasteiger partial charge in [0.05, 0.1) is 0 Å². The van der Waals surface area contributed by atoms with E-state index in [0.29, 0.717) is 0 Å². The first-order valence-corrected chi connectivity index (χ1v) is 10.3. The predicted molar refractivity (Wildman–Crippen MR) is 62.8 cm³/mol. The second-order valence-corrected chi connectivity index (χ2v) is 14.5. The number of hydrogen-bond donors (Lipinski definition) is 0. The Morgan fingerprint density at radius 1 is 1.17 bits per heavy atom. The van der Waals surface area contributed by atoms with Gasteiger partial charge in [-0.25, -0.2) is 0 Å². The third-order valence-corrected chi connectivity index (χ3v) is 16.6. The third-order valence-electron chi connectivity index (χ3n) is 2.00. The van der Waals surface area contributed by atoms with E-state index in [1.54, 1.807) is 0 Å². The molecule has 2 rings (SSSR count). The Morgan fingerprint density at radius 2 is 1.83 bits per heavy atom. The molecule has 1 spiro atoms. The van der Waals surface area contributed by atoms with Crippen LogP contribution in [-0.2, 0) is 0 Å².